The summed E-state index contributed by atoms with van der Waals surface area (Å²) in [6.45, 7) is 1.93. The molecule has 29 heavy (non-hydrogen) atoms. The van der Waals surface area contributed by atoms with Crippen molar-refractivity contribution in [2.75, 3.05) is 13.2 Å². The highest BCUT2D eigenvalue weighted by atomic mass is 32.2. The van der Waals surface area contributed by atoms with E-state index >= 15 is 0 Å². The van der Waals surface area contributed by atoms with Gasteiger partial charge in [0.05, 0.1) is 23.0 Å². The number of nitro benzene ring substituents is 1. The summed E-state index contributed by atoms with van der Waals surface area (Å²) in [6, 6.07) is 12.1. The Kier molecular flexibility index (Phi) is 6.08. The van der Waals surface area contributed by atoms with Crippen LogP contribution in [0.5, 0.6) is 5.75 Å². The van der Waals surface area contributed by atoms with E-state index in [1.807, 2.05) is 6.92 Å². The second kappa shape index (κ2) is 8.70. The molecule has 0 spiro atoms. The quantitative estimate of drug-likeness (QED) is 0.294. The highest BCUT2D eigenvalue weighted by molar-refractivity contribution is 8.18. The van der Waals surface area contributed by atoms with E-state index in [9.17, 15) is 24.5 Å². The molecule has 0 saturated carbocycles. The number of nitrogens with zero attached hydrogens (tertiary/aromatic N) is 2. The van der Waals surface area contributed by atoms with Crippen molar-refractivity contribution in [3.63, 3.8) is 0 Å². The third-order valence-electron chi connectivity index (χ3n) is 4.04. The van der Waals surface area contributed by atoms with E-state index < -0.39 is 28.4 Å². The topological polar surface area (TPSA) is 107 Å². The molecule has 0 radical (unpaired) electrons. The van der Waals surface area contributed by atoms with Crippen LogP contribution in [0.4, 0.5) is 10.5 Å². The molecule has 148 valence electrons. The molecule has 2 aromatic carbocycles. The van der Waals surface area contributed by atoms with Crippen molar-refractivity contribution >= 4 is 40.5 Å². The fourth-order valence-electron chi connectivity index (χ4n) is 2.65. The standard InChI is InChI=1S/C20H16N2O6S/c1-2-28-16-5-3-4-13(10-16)11-18-19(24)21(20(25)29-18)12-17(23)14-6-8-15(9-7-14)22(26)27/h3-11H,2,12H2,1H3/b18-11-. The number of rotatable bonds is 7. The van der Waals surface area contributed by atoms with Crippen LogP contribution in [0.15, 0.2) is 53.4 Å². The number of imide groups is 1. The predicted molar refractivity (Wildman–Crippen MR) is 108 cm³/mol. The van der Waals surface area contributed by atoms with Crippen molar-refractivity contribution < 1.29 is 24.0 Å². The van der Waals surface area contributed by atoms with E-state index in [4.69, 9.17) is 4.74 Å². The first-order chi connectivity index (χ1) is 13.9. The van der Waals surface area contributed by atoms with Crippen molar-refractivity contribution in [2.45, 2.75) is 6.92 Å². The first-order valence-corrected chi connectivity index (χ1v) is 9.46. The molecule has 0 bridgehead atoms. The highest BCUT2D eigenvalue weighted by Gasteiger charge is 2.36. The molecule has 0 unspecified atom stereocenters. The number of carbonyl (C=O) groups is 3. The third-order valence-corrected chi connectivity index (χ3v) is 4.95. The van der Waals surface area contributed by atoms with Crippen molar-refractivity contribution in [3.8, 4) is 5.75 Å². The van der Waals surface area contributed by atoms with Gasteiger partial charge in [-0.25, -0.2) is 0 Å². The number of Topliss-reactive ketones (excluding diaryl/α,β-unsaturated/α-hetero) is 1. The lowest BCUT2D eigenvalue weighted by Gasteiger charge is -2.11. The zero-order valence-corrected chi connectivity index (χ0v) is 16.2. The molecule has 8 nitrogen and oxygen atoms in total. The summed E-state index contributed by atoms with van der Waals surface area (Å²) in [4.78, 5) is 48.4. The van der Waals surface area contributed by atoms with Gasteiger partial charge in [-0.1, -0.05) is 12.1 Å². The normalized spacial score (nSPS) is 15.1. The molecular formula is C20H16N2O6S. The Hall–Kier alpha value is -3.46. The number of hydrogen-bond acceptors (Lipinski definition) is 7. The molecule has 1 heterocycles. The van der Waals surface area contributed by atoms with Crippen molar-refractivity contribution in [1.29, 1.82) is 0 Å². The first-order valence-electron chi connectivity index (χ1n) is 8.65. The van der Waals surface area contributed by atoms with Gasteiger partial charge in [-0.05, 0) is 54.6 Å². The van der Waals surface area contributed by atoms with Crippen LogP contribution in [-0.4, -0.2) is 39.9 Å². The highest BCUT2D eigenvalue weighted by Crippen LogP contribution is 2.32. The second-order valence-electron chi connectivity index (χ2n) is 6.00. The molecule has 0 aromatic heterocycles. The predicted octanol–water partition coefficient (Wildman–Crippen LogP) is 3.91. The first kappa shape index (κ1) is 20.3. The number of carbonyl (C=O) groups excluding carboxylic acids is 3. The monoisotopic (exact) mass is 412 g/mol. The lowest BCUT2D eigenvalue weighted by molar-refractivity contribution is -0.384. The Morgan fingerprint density at radius 3 is 2.59 bits per heavy atom. The molecule has 1 saturated heterocycles. The van der Waals surface area contributed by atoms with E-state index in [0.717, 1.165) is 16.7 Å². The zero-order chi connectivity index (χ0) is 21.0. The van der Waals surface area contributed by atoms with Crippen LogP contribution in [0.2, 0.25) is 0 Å². The summed E-state index contributed by atoms with van der Waals surface area (Å²) in [5.74, 6) is -0.396. The number of hydrogen-bond donors (Lipinski definition) is 0. The number of non-ortho nitro benzene ring substituents is 1. The molecule has 9 heteroatoms. The maximum absolute atomic E-state index is 12.6. The van der Waals surface area contributed by atoms with E-state index in [0.29, 0.717) is 17.9 Å². The number of ether oxygens (including phenoxy) is 1. The lowest BCUT2D eigenvalue weighted by atomic mass is 10.1. The summed E-state index contributed by atoms with van der Waals surface area (Å²) in [7, 11) is 0. The van der Waals surface area contributed by atoms with Gasteiger partial charge in [0.25, 0.3) is 16.8 Å². The van der Waals surface area contributed by atoms with E-state index in [-0.39, 0.29) is 16.2 Å². The van der Waals surface area contributed by atoms with Crippen LogP contribution >= 0.6 is 11.8 Å². The molecule has 2 amide bonds. The van der Waals surface area contributed by atoms with Crippen molar-refractivity contribution in [3.05, 3.63) is 74.7 Å². The summed E-state index contributed by atoms with van der Waals surface area (Å²) < 4.78 is 5.42. The maximum Gasteiger partial charge on any atom is 0.293 e. The van der Waals surface area contributed by atoms with Gasteiger partial charge in [0.1, 0.15) is 5.75 Å². The van der Waals surface area contributed by atoms with E-state index in [1.54, 1.807) is 30.3 Å². The minimum absolute atomic E-state index is 0.148. The third kappa shape index (κ3) is 4.69. The molecule has 0 aliphatic carbocycles. The summed E-state index contributed by atoms with van der Waals surface area (Å²) in [5, 5.41) is 10.2. The Morgan fingerprint density at radius 2 is 1.93 bits per heavy atom. The largest absolute Gasteiger partial charge is 0.494 e. The zero-order valence-electron chi connectivity index (χ0n) is 15.4. The minimum atomic E-state index is -0.573. The Morgan fingerprint density at radius 1 is 1.21 bits per heavy atom. The fourth-order valence-corrected chi connectivity index (χ4v) is 3.49. The van der Waals surface area contributed by atoms with Crippen molar-refractivity contribution in [2.24, 2.45) is 0 Å². The van der Waals surface area contributed by atoms with E-state index in [1.165, 1.54) is 24.3 Å². The summed E-state index contributed by atoms with van der Waals surface area (Å²) in [5.41, 5.74) is 0.733. The molecular weight excluding hydrogens is 396 g/mol. The maximum atomic E-state index is 12.6. The van der Waals surface area contributed by atoms with Gasteiger partial charge in [-0.2, -0.15) is 0 Å². The lowest BCUT2D eigenvalue weighted by Crippen LogP contribution is -2.33. The summed E-state index contributed by atoms with van der Waals surface area (Å²) >= 11 is 0.756. The Balaban J connectivity index is 1.74. The molecule has 0 N–H and O–H groups in total. The van der Waals surface area contributed by atoms with Crippen LogP contribution in [0.3, 0.4) is 0 Å². The number of amides is 2. The molecule has 1 aliphatic rings. The fraction of sp³-hybridized carbons (Fsp3) is 0.150. The van der Waals surface area contributed by atoms with Crippen LogP contribution in [0.25, 0.3) is 6.08 Å². The molecule has 3 rings (SSSR count). The van der Waals surface area contributed by atoms with Crippen molar-refractivity contribution in [1.82, 2.24) is 4.90 Å². The van der Waals surface area contributed by atoms with Crippen LogP contribution < -0.4 is 4.74 Å². The summed E-state index contributed by atoms with van der Waals surface area (Å²) in [6.07, 6.45) is 1.57. The number of thioether (sulfide) groups is 1. The minimum Gasteiger partial charge on any atom is -0.494 e. The molecule has 1 aliphatic heterocycles. The molecule has 0 atom stereocenters. The van der Waals surface area contributed by atoms with Gasteiger partial charge in [-0.3, -0.25) is 29.4 Å². The van der Waals surface area contributed by atoms with Gasteiger partial charge < -0.3 is 4.74 Å². The number of benzene rings is 2. The second-order valence-corrected chi connectivity index (χ2v) is 6.99. The van der Waals surface area contributed by atoms with Gasteiger partial charge in [0.15, 0.2) is 5.78 Å². The average Bonchev–Trinajstić information content (AvgIpc) is 2.96. The van der Waals surface area contributed by atoms with Crippen LogP contribution in [-0.2, 0) is 4.79 Å². The number of nitro groups is 1. The smallest absolute Gasteiger partial charge is 0.293 e. The van der Waals surface area contributed by atoms with Crippen LogP contribution in [0, 0.1) is 10.1 Å². The molecule has 2 aromatic rings. The van der Waals surface area contributed by atoms with Gasteiger partial charge in [0, 0.05) is 17.7 Å². The SMILES string of the molecule is CCOc1cccc(/C=C2\SC(=O)N(CC(=O)c3ccc([N+](=O)[O-])cc3)C2=O)c1. The molecule has 1 fully saturated rings. The Labute approximate surface area is 170 Å². The van der Waals surface area contributed by atoms with E-state index in [2.05, 4.69) is 0 Å². The van der Waals surface area contributed by atoms with Gasteiger partial charge >= 0.3 is 0 Å². The van der Waals surface area contributed by atoms with Gasteiger partial charge in [0.2, 0.25) is 0 Å². The Bertz CT molecular complexity index is 1020. The van der Waals surface area contributed by atoms with Crippen LogP contribution in [0.1, 0.15) is 22.8 Å². The average molecular weight is 412 g/mol. The van der Waals surface area contributed by atoms with Gasteiger partial charge in [-0.15, -0.1) is 0 Å². The number of ketones is 1.